The normalized spacial score (nSPS) is 11.4. The van der Waals surface area contributed by atoms with Gasteiger partial charge in [0.05, 0.1) is 18.4 Å². The highest BCUT2D eigenvalue weighted by Gasteiger charge is 2.15. The summed E-state index contributed by atoms with van der Waals surface area (Å²) in [5, 5.41) is 0. The third kappa shape index (κ3) is 5.11. The summed E-state index contributed by atoms with van der Waals surface area (Å²) in [5.41, 5.74) is 3.20. The molecule has 3 aromatic carbocycles. The molecule has 4 heteroatoms. The fraction of sp³-hybridized carbons (Fsp3) is 0.200. The summed E-state index contributed by atoms with van der Waals surface area (Å²) in [5.74, 6) is 1.96. The van der Waals surface area contributed by atoms with Crippen LogP contribution in [0.25, 0.3) is 0 Å². The molecule has 0 fully saturated rings. The van der Waals surface area contributed by atoms with E-state index in [-0.39, 0.29) is 5.78 Å². The molecule has 0 atom stereocenters. The average molecular weight is 387 g/mol. The molecule has 29 heavy (non-hydrogen) atoms. The van der Waals surface area contributed by atoms with Crippen LogP contribution in [0.5, 0.6) is 11.5 Å². The van der Waals surface area contributed by atoms with Crippen molar-refractivity contribution in [3.63, 3.8) is 0 Å². The van der Waals surface area contributed by atoms with Gasteiger partial charge in [-0.05, 0) is 66.9 Å². The van der Waals surface area contributed by atoms with Gasteiger partial charge in [-0.25, -0.2) is 4.99 Å². The van der Waals surface area contributed by atoms with Crippen LogP contribution in [-0.2, 0) is 0 Å². The second kappa shape index (κ2) is 9.20. The highest BCUT2D eigenvalue weighted by molar-refractivity contribution is 6.01. The van der Waals surface area contributed by atoms with Gasteiger partial charge >= 0.3 is 0 Å². The van der Waals surface area contributed by atoms with Crippen LogP contribution >= 0.6 is 0 Å². The smallest absolute Gasteiger partial charge is 0.227 e. The second-order valence-corrected chi connectivity index (χ2v) is 7.05. The number of rotatable bonds is 6. The minimum absolute atomic E-state index is 0.0423. The number of methoxy groups -OCH3 is 1. The van der Waals surface area contributed by atoms with Gasteiger partial charge in [0.25, 0.3) is 0 Å². The summed E-state index contributed by atoms with van der Waals surface area (Å²) < 4.78 is 11.4. The minimum Gasteiger partial charge on any atom is -0.497 e. The molecule has 0 N–H and O–H groups in total. The molecule has 0 aromatic heterocycles. The summed E-state index contributed by atoms with van der Waals surface area (Å²) >= 11 is 0. The van der Waals surface area contributed by atoms with Crippen molar-refractivity contribution in [2.24, 2.45) is 4.99 Å². The van der Waals surface area contributed by atoms with E-state index in [4.69, 9.17) is 9.47 Å². The van der Waals surface area contributed by atoms with E-state index in [1.54, 1.807) is 14.0 Å². The Kier molecular flexibility index (Phi) is 6.45. The van der Waals surface area contributed by atoms with Crippen molar-refractivity contribution in [1.29, 1.82) is 0 Å². The third-order valence-corrected chi connectivity index (χ3v) is 4.58. The van der Waals surface area contributed by atoms with Crippen molar-refractivity contribution < 1.29 is 14.3 Å². The van der Waals surface area contributed by atoms with Crippen molar-refractivity contribution in [1.82, 2.24) is 0 Å². The van der Waals surface area contributed by atoms with Crippen LogP contribution in [0, 0.1) is 0 Å². The Morgan fingerprint density at radius 2 is 1.62 bits per heavy atom. The number of benzene rings is 3. The number of ether oxygens (including phenoxy) is 2. The Hall–Kier alpha value is -3.40. The lowest BCUT2D eigenvalue weighted by atomic mass is 9.99. The van der Waals surface area contributed by atoms with E-state index in [2.05, 4.69) is 18.8 Å². The van der Waals surface area contributed by atoms with Gasteiger partial charge in [0.1, 0.15) is 11.5 Å². The topological polar surface area (TPSA) is 47.9 Å². The van der Waals surface area contributed by atoms with E-state index in [1.165, 1.54) is 0 Å². The van der Waals surface area contributed by atoms with Crippen LogP contribution in [0.15, 0.2) is 77.8 Å². The van der Waals surface area contributed by atoms with Gasteiger partial charge in [0.15, 0.2) is 5.78 Å². The van der Waals surface area contributed by atoms with Crippen LogP contribution < -0.4 is 9.47 Å². The zero-order chi connectivity index (χ0) is 20.8. The number of aliphatic imine (C=N–C) groups is 1. The minimum atomic E-state index is -0.0423. The molecule has 0 spiro atoms. The highest BCUT2D eigenvalue weighted by Crippen LogP contribution is 2.27. The predicted octanol–water partition coefficient (Wildman–Crippen LogP) is 6.18. The number of ketones is 1. The average Bonchev–Trinajstić information content (AvgIpc) is 2.74. The number of carbonyl (C=O) groups is 1. The molecule has 0 radical (unpaired) electrons. The van der Waals surface area contributed by atoms with Crippen molar-refractivity contribution in [2.75, 3.05) is 7.11 Å². The Morgan fingerprint density at radius 1 is 0.931 bits per heavy atom. The van der Waals surface area contributed by atoms with Crippen LogP contribution in [0.2, 0.25) is 0 Å². The molecule has 0 aliphatic carbocycles. The molecular formula is C25H25NO3. The Morgan fingerprint density at radius 3 is 2.21 bits per heavy atom. The van der Waals surface area contributed by atoms with E-state index in [9.17, 15) is 4.79 Å². The van der Waals surface area contributed by atoms with Gasteiger partial charge in [0, 0.05) is 5.56 Å². The first kappa shape index (κ1) is 20.3. The quantitative estimate of drug-likeness (QED) is 0.288. The molecule has 0 aliphatic heterocycles. The zero-order valence-corrected chi connectivity index (χ0v) is 17.2. The summed E-state index contributed by atoms with van der Waals surface area (Å²) in [6.45, 7) is 5.75. The maximum Gasteiger partial charge on any atom is 0.227 e. The lowest BCUT2D eigenvalue weighted by Crippen LogP contribution is -2.12. The molecule has 3 aromatic rings. The molecule has 4 nitrogen and oxygen atoms in total. The number of nitrogens with zero attached hydrogens (tertiary/aromatic N) is 1. The molecule has 0 aliphatic rings. The Bertz CT molecular complexity index is 1010. The van der Waals surface area contributed by atoms with Gasteiger partial charge < -0.3 is 9.47 Å². The first-order chi connectivity index (χ1) is 14.0. The molecule has 0 bridgehead atoms. The Balaban J connectivity index is 2.04. The van der Waals surface area contributed by atoms with Crippen LogP contribution in [0.4, 0.5) is 5.69 Å². The van der Waals surface area contributed by atoms with E-state index in [1.807, 2.05) is 72.8 Å². The molecule has 0 saturated heterocycles. The van der Waals surface area contributed by atoms with Gasteiger partial charge in [-0.3, -0.25) is 4.79 Å². The van der Waals surface area contributed by atoms with Gasteiger partial charge in [-0.2, -0.15) is 0 Å². The van der Waals surface area contributed by atoms with Crippen molar-refractivity contribution >= 4 is 17.4 Å². The summed E-state index contributed by atoms with van der Waals surface area (Å²) in [4.78, 5) is 16.9. The molecule has 0 unspecified atom stereocenters. The number of carbonyl (C=O) groups excluding carboxylic acids is 1. The van der Waals surface area contributed by atoms with Crippen molar-refractivity contribution in [3.05, 3.63) is 89.5 Å². The first-order valence-electron chi connectivity index (χ1n) is 9.59. The zero-order valence-electron chi connectivity index (χ0n) is 17.2. The van der Waals surface area contributed by atoms with Gasteiger partial charge in [-0.1, -0.05) is 38.1 Å². The van der Waals surface area contributed by atoms with Gasteiger partial charge in [0.2, 0.25) is 5.90 Å². The lowest BCUT2D eigenvalue weighted by molar-refractivity contribution is 0.101. The summed E-state index contributed by atoms with van der Waals surface area (Å²) in [7, 11) is 1.63. The molecule has 3 rings (SSSR count). The predicted molar refractivity (Wildman–Crippen MR) is 117 cm³/mol. The highest BCUT2D eigenvalue weighted by atomic mass is 16.5. The van der Waals surface area contributed by atoms with Crippen molar-refractivity contribution in [3.8, 4) is 11.5 Å². The molecule has 0 saturated carbocycles. The number of Topliss-reactive ketones (excluding diaryl/α,β-unsaturated/α-hetero) is 1. The maximum atomic E-state index is 12.3. The van der Waals surface area contributed by atoms with E-state index >= 15 is 0 Å². The monoisotopic (exact) mass is 387 g/mol. The fourth-order valence-electron chi connectivity index (χ4n) is 2.88. The van der Waals surface area contributed by atoms with E-state index in [0.29, 0.717) is 23.1 Å². The SMILES string of the molecule is COc1ccc(N=C(Oc2ccc(C(C)C)cc2C(C)=O)c2ccccc2)cc1. The van der Waals surface area contributed by atoms with Gasteiger partial charge in [-0.15, -0.1) is 0 Å². The van der Waals surface area contributed by atoms with Crippen LogP contribution in [0.1, 0.15) is 48.2 Å². The first-order valence-corrected chi connectivity index (χ1v) is 9.59. The maximum absolute atomic E-state index is 12.3. The lowest BCUT2D eigenvalue weighted by Gasteiger charge is -2.14. The largest absolute Gasteiger partial charge is 0.497 e. The second-order valence-electron chi connectivity index (χ2n) is 7.05. The summed E-state index contributed by atoms with van der Waals surface area (Å²) in [6.07, 6.45) is 0. The third-order valence-electron chi connectivity index (χ3n) is 4.58. The molecule has 0 heterocycles. The summed E-state index contributed by atoms with van der Waals surface area (Å²) in [6, 6.07) is 22.8. The van der Waals surface area contributed by atoms with E-state index in [0.717, 1.165) is 22.6 Å². The van der Waals surface area contributed by atoms with E-state index < -0.39 is 0 Å². The molecule has 148 valence electrons. The standard InChI is InChI=1S/C25H25NO3/c1-17(2)20-10-15-24(23(16-20)18(3)27)29-25(19-8-6-5-7-9-19)26-21-11-13-22(28-4)14-12-21/h5-17H,1-4H3. The molecule has 0 amide bonds. The Labute approximate surface area is 171 Å². The van der Waals surface area contributed by atoms with Crippen LogP contribution in [0.3, 0.4) is 0 Å². The molecular weight excluding hydrogens is 362 g/mol. The number of hydrogen-bond acceptors (Lipinski definition) is 4. The fourth-order valence-corrected chi connectivity index (χ4v) is 2.88. The van der Waals surface area contributed by atoms with Crippen molar-refractivity contribution in [2.45, 2.75) is 26.7 Å². The number of hydrogen-bond donors (Lipinski definition) is 0. The van der Waals surface area contributed by atoms with Crippen LogP contribution in [-0.4, -0.2) is 18.8 Å².